The highest BCUT2D eigenvalue weighted by molar-refractivity contribution is 14.1. The van der Waals surface area contributed by atoms with Crippen molar-refractivity contribution in [3.8, 4) is 0 Å². The lowest BCUT2D eigenvalue weighted by Crippen LogP contribution is -2.51. The molecule has 122 valence electrons. The maximum atomic E-state index is 12.7. The summed E-state index contributed by atoms with van der Waals surface area (Å²) in [6, 6.07) is 6.42. The Kier molecular flexibility index (Phi) is 4.31. The van der Waals surface area contributed by atoms with Crippen LogP contribution in [0.3, 0.4) is 0 Å². The number of carbonyl (C=O) groups excluding carboxylic acids is 3. The predicted molar refractivity (Wildman–Crippen MR) is 92.4 cm³/mol. The van der Waals surface area contributed by atoms with E-state index in [9.17, 15) is 14.4 Å². The molecule has 0 unspecified atom stereocenters. The normalized spacial score (nSPS) is 27.2. The van der Waals surface area contributed by atoms with Crippen molar-refractivity contribution in [3.05, 3.63) is 33.4 Å². The van der Waals surface area contributed by atoms with Gasteiger partial charge in [0.1, 0.15) is 5.54 Å². The van der Waals surface area contributed by atoms with E-state index in [1.54, 1.807) is 18.2 Å². The molecule has 2 aliphatic rings. The summed E-state index contributed by atoms with van der Waals surface area (Å²) in [6.45, 7) is 2.14. The Balaban J connectivity index is 1.75. The number of benzene rings is 1. The van der Waals surface area contributed by atoms with E-state index in [1.165, 1.54) is 0 Å². The molecule has 3 rings (SSSR count). The molecule has 0 aromatic heterocycles. The molecular formula is C16H18IN3O3. The summed E-state index contributed by atoms with van der Waals surface area (Å²) in [4.78, 5) is 37.1. The molecular weight excluding hydrogens is 409 g/mol. The summed E-state index contributed by atoms with van der Waals surface area (Å²) in [6.07, 6.45) is 3.03. The van der Waals surface area contributed by atoms with Crippen molar-refractivity contribution in [3.63, 3.8) is 0 Å². The van der Waals surface area contributed by atoms with Crippen LogP contribution in [0, 0.1) is 9.49 Å². The molecule has 2 fully saturated rings. The van der Waals surface area contributed by atoms with Crippen LogP contribution < -0.4 is 10.7 Å². The second kappa shape index (κ2) is 6.10. The van der Waals surface area contributed by atoms with Crippen molar-refractivity contribution < 1.29 is 14.4 Å². The van der Waals surface area contributed by atoms with Gasteiger partial charge in [0.2, 0.25) is 0 Å². The van der Waals surface area contributed by atoms with Gasteiger partial charge in [0, 0.05) is 9.13 Å². The molecule has 0 atom stereocenters. The van der Waals surface area contributed by atoms with Gasteiger partial charge in [-0.05, 0) is 72.4 Å². The standard InChI is InChI=1S/C16H18IN3O3/c1-10-5-7-16(8-6-10)14(22)20(15(23)18-16)19-13(21)11-3-2-4-12(17)9-11/h2-4,9-10H,5-8H2,1H3,(H,18,23)(H,19,21). The van der Waals surface area contributed by atoms with E-state index in [-0.39, 0.29) is 5.91 Å². The zero-order valence-corrected chi connectivity index (χ0v) is 14.9. The first-order valence-corrected chi connectivity index (χ1v) is 8.72. The molecule has 7 heteroatoms. The Hall–Kier alpha value is -1.64. The minimum atomic E-state index is -0.845. The average molecular weight is 427 g/mol. The molecule has 1 aliphatic heterocycles. The first kappa shape index (κ1) is 16.2. The SMILES string of the molecule is CC1CCC2(CC1)NC(=O)N(NC(=O)c1cccc(I)c1)C2=O. The first-order valence-electron chi connectivity index (χ1n) is 7.64. The molecule has 1 saturated heterocycles. The van der Waals surface area contributed by atoms with E-state index in [2.05, 4.69) is 40.3 Å². The third-order valence-electron chi connectivity index (χ3n) is 4.59. The fourth-order valence-electron chi connectivity index (χ4n) is 3.11. The van der Waals surface area contributed by atoms with Crippen LogP contribution in [-0.4, -0.2) is 28.4 Å². The molecule has 1 aromatic carbocycles. The van der Waals surface area contributed by atoms with Gasteiger partial charge < -0.3 is 5.32 Å². The quantitative estimate of drug-likeness (QED) is 0.562. The highest BCUT2D eigenvalue weighted by atomic mass is 127. The Morgan fingerprint density at radius 3 is 2.70 bits per heavy atom. The molecule has 0 radical (unpaired) electrons. The van der Waals surface area contributed by atoms with E-state index in [4.69, 9.17) is 0 Å². The van der Waals surface area contributed by atoms with E-state index in [0.29, 0.717) is 24.3 Å². The summed E-state index contributed by atoms with van der Waals surface area (Å²) in [7, 11) is 0. The summed E-state index contributed by atoms with van der Waals surface area (Å²) >= 11 is 2.10. The number of carbonyl (C=O) groups is 3. The summed E-state index contributed by atoms with van der Waals surface area (Å²) < 4.78 is 0.908. The molecule has 6 nitrogen and oxygen atoms in total. The van der Waals surface area contributed by atoms with Crippen LogP contribution in [0.2, 0.25) is 0 Å². The lowest BCUT2D eigenvalue weighted by Gasteiger charge is -2.33. The summed E-state index contributed by atoms with van der Waals surface area (Å²) in [5.74, 6) is -0.262. The van der Waals surface area contributed by atoms with Gasteiger partial charge in [0.25, 0.3) is 11.8 Å². The minimum Gasteiger partial charge on any atom is -0.322 e. The van der Waals surface area contributed by atoms with E-state index in [0.717, 1.165) is 21.4 Å². The van der Waals surface area contributed by atoms with Crippen molar-refractivity contribution in [2.45, 2.75) is 38.1 Å². The number of urea groups is 1. The fourth-order valence-corrected chi connectivity index (χ4v) is 3.65. The predicted octanol–water partition coefficient (Wildman–Crippen LogP) is 2.44. The number of nitrogens with zero attached hydrogens (tertiary/aromatic N) is 1. The molecule has 1 spiro atoms. The third kappa shape index (κ3) is 3.06. The molecule has 1 aliphatic carbocycles. The molecule has 2 N–H and O–H groups in total. The van der Waals surface area contributed by atoms with Crippen LogP contribution in [0.5, 0.6) is 0 Å². The average Bonchev–Trinajstić information content (AvgIpc) is 2.75. The number of amides is 4. The highest BCUT2D eigenvalue weighted by Gasteiger charge is 2.52. The topological polar surface area (TPSA) is 78.5 Å². The molecule has 1 heterocycles. The number of halogens is 1. The lowest BCUT2D eigenvalue weighted by atomic mass is 9.77. The zero-order valence-electron chi connectivity index (χ0n) is 12.8. The molecule has 0 bridgehead atoms. The van der Waals surface area contributed by atoms with Crippen molar-refractivity contribution in [1.82, 2.24) is 15.8 Å². The van der Waals surface area contributed by atoms with Crippen molar-refractivity contribution in [2.75, 3.05) is 0 Å². The number of nitrogens with one attached hydrogen (secondary N) is 2. The fraction of sp³-hybridized carbons (Fsp3) is 0.438. The van der Waals surface area contributed by atoms with E-state index < -0.39 is 17.5 Å². The van der Waals surface area contributed by atoms with E-state index >= 15 is 0 Å². The van der Waals surface area contributed by atoms with Crippen molar-refractivity contribution in [1.29, 1.82) is 0 Å². The molecule has 1 saturated carbocycles. The van der Waals surface area contributed by atoms with Gasteiger partial charge in [-0.15, -0.1) is 0 Å². The van der Waals surface area contributed by atoms with Gasteiger partial charge in [-0.25, -0.2) is 4.79 Å². The lowest BCUT2D eigenvalue weighted by molar-refractivity contribution is -0.134. The second-order valence-corrected chi connectivity index (χ2v) is 7.53. The van der Waals surface area contributed by atoms with Crippen LogP contribution in [0.15, 0.2) is 24.3 Å². The second-order valence-electron chi connectivity index (χ2n) is 6.29. The van der Waals surface area contributed by atoms with Gasteiger partial charge in [-0.1, -0.05) is 13.0 Å². The van der Waals surface area contributed by atoms with Crippen molar-refractivity contribution >= 4 is 40.4 Å². The van der Waals surface area contributed by atoms with Crippen LogP contribution >= 0.6 is 22.6 Å². The number of imide groups is 1. The third-order valence-corrected chi connectivity index (χ3v) is 5.26. The van der Waals surface area contributed by atoms with Gasteiger partial charge in [-0.2, -0.15) is 5.01 Å². The number of rotatable bonds is 2. The van der Waals surface area contributed by atoms with Gasteiger partial charge in [0.05, 0.1) is 0 Å². The summed E-state index contributed by atoms with van der Waals surface area (Å²) in [5.41, 5.74) is 2.00. The van der Waals surface area contributed by atoms with Gasteiger partial charge in [-0.3, -0.25) is 15.0 Å². The Morgan fingerprint density at radius 2 is 2.04 bits per heavy atom. The van der Waals surface area contributed by atoms with Gasteiger partial charge >= 0.3 is 6.03 Å². The maximum Gasteiger partial charge on any atom is 0.344 e. The zero-order chi connectivity index (χ0) is 16.6. The Morgan fingerprint density at radius 1 is 1.35 bits per heavy atom. The Bertz CT molecular complexity index is 668. The van der Waals surface area contributed by atoms with Crippen LogP contribution in [0.4, 0.5) is 4.79 Å². The van der Waals surface area contributed by atoms with E-state index in [1.807, 2.05) is 6.07 Å². The van der Waals surface area contributed by atoms with Crippen LogP contribution in [-0.2, 0) is 4.79 Å². The van der Waals surface area contributed by atoms with Crippen LogP contribution in [0.25, 0.3) is 0 Å². The van der Waals surface area contributed by atoms with Crippen molar-refractivity contribution in [2.24, 2.45) is 5.92 Å². The monoisotopic (exact) mass is 427 g/mol. The highest BCUT2D eigenvalue weighted by Crippen LogP contribution is 2.35. The minimum absolute atomic E-state index is 0.353. The molecule has 4 amide bonds. The van der Waals surface area contributed by atoms with Gasteiger partial charge in [0.15, 0.2) is 0 Å². The maximum absolute atomic E-state index is 12.7. The smallest absolute Gasteiger partial charge is 0.322 e. The molecule has 23 heavy (non-hydrogen) atoms. The molecule has 1 aromatic rings. The van der Waals surface area contributed by atoms with Crippen LogP contribution in [0.1, 0.15) is 43.0 Å². The number of hydrazine groups is 1. The Labute approximate surface area is 148 Å². The largest absolute Gasteiger partial charge is 0.344 e. The number of hydrogen-bond donors (Lipinski definition) is 2. The first-order chi connectivity index (χ1) is 10.9. The number of hydrogen-bond acceptors (Lipinski definition) is 3. The summed E-state index contributed by atoms with van der Waals surface area (Å²) in [5, 5.41) is 3.61.